The maximum absolute atomic E-state index is 13.1. The van der Waals surface area contributed by atoms with Crippen LogP contribution in [0.5, 0.6) is 0 Å². The average molecular weight is 279 g/mol. The molecule has 0 spiro atoms. The van der Waals surface area contributed by atoms with E-state index in [0.717, 1.165) is 6.42 Å². The van der Waals surface area contributed by atoms with Crippen molar-refractivity contribution in [1.82, 2.24) is 4.90 Å². The number of carbonyl (C=O) groups excluding carboxylic acids is 1. The van der Waals surface area contributed by atoms with Gasteiger partial charge in [0.05, 0.1) is 0 Å². The minimum absolute atomic E-state index is 0.0418. The van der Waals surface area contributed by atoms with Gasteiger partial charge < -0.3 is 15.8 Å². The van der Waals surface area contributed by atoms with E-state index in [-0.39, 0.29) is 24.1 Å². The molecule has 1 saturated carbocycles. The maximum Gasteiger partial charge on any atom is 0.236 e. The van der Waals surface area contributed by atoms with E-state index in [0.29, 0.717) is 18.4 Å². The van der Waals surface area contributed by atoms with Gasteiger partial charge in [-0.3, -0.25) is 4.79 Å². The zero-order chi connectivity index (χ0) is 14.8. The molecule has 2 rings (SSSR count). The Morgan fingerprint density at radius 3 is 2.75 bits per heavy atom. The normalized spacial score (nSPS) is 17.4. The molecule has 20 heavy (non-hydrogen) atoms. The third-order valence-electron chi connectivity index (χ3n) is 3.87. The standard InChI is InChI=1S/C14H18FN3O2/c1-18(9-10-4-2-5-11(15)8-10)13(19)14(6-3-7-14)12(16)17-20/h2,4-5,8,20H,3,6-7,9H2,1H3,(H2,16,17). The number of nitrogens with two attached hydrogens (primary N) is 1. The number of oxime groups is 1. The summed E-state index contributed by atoms with van der Waals surface area (Å²) >= 11 is 0. The van der Waals surface area contributed by atoms with Crippen LogP contribution in [0.3, 0.4) is 0 Å². The van der Waals surface area contributed by atoms with Crippen LogP contribution in [-0.2, 0) is 11.3 Å². The SMILES string of the molecule is CN(Cc1cccc(F)c1)C(=O)C1(/C(N)=N/O)CCC1. The van der Waals surface area contributed by atoms with Gasteiger partial charge in [-0.1, -0.05) is 23.7 Å². The van der Waals surface area contributed by atoms with Crippen molar-refractivity contribution in [2.45, 2.75) is 25.8 Å². The molecule has 0 bridgehead atoms. The van der Waals surface area contributed by atoms with Crippen LogP contribution in [0, 0.1) is 11.2 Å². The minimum Gasteiger partial charge on any atom is -0.409 e. The lowest BCUT2D eigenvalue weighted by Gasteiger charge is -2.41. The van der Waals surface area contributed by atoms with Gasteiger partial charge in [0.15, 0.2) is 5.84 Å². The number of benzene rings is 1. The van der Waals surface area contributed by atoms with Gasteiger partial charge in [0.2, 0.25) is 5.91 Å². The molecule has 1 amide bonds. The monoisotopic (exact) mass is 279 g/mol. The molecule has 1 fully saturated rings. The van der Waals surface area contributed by atoms with Crippen LogP contribution in [0.1, 0.15) is 24.8 Å². The molecule has 6 heteroatoms. The van der Waals surface area contributed by atoms with Crippen LogP contribution in [-0.4, -0.2) is 28.9 Å². The Labute approximate surface area is 116 Å². The van der Waals surface area contributed by atoms with Crippen molar-refractivity contribution < 1.29 is 14.4 Å². The third kappa shape index (κ3) is 2.45. The van der Waals surface area contributed by atoms with E-state index in [9.17, 15) is 9.18 Å². The van der Waals surface area contributed by atoms with E-state index in [1.165, 1.54) is 17.0 Å². The van der Waals surface area contributed by atoms with E-state index >= 15 is 0 Å². The molecule has 1 aromatic carbocycles. The second-order valence-electron chi connectivity index (χ2n) is 5.21. The molecule has 1 aliphatic rings. The number of hydrogen-bond acceptors (Lipinski definition) is 3. The van der Waals surface area contributed by atoms with Gasteiger partial charge in [0.1, 0.15) is 11.2 Å². The first kappa shape index (κ1) is 14.3. The summed E-state index contributed by atoms with van der Waals surface area (Å²) in [5, 5.41) is 11.8. The third-order valence-corrected chi connectivity index (χ3v) is 3.87. The fraction of sp³-hybridized carbons (Fsp3) is 0.429. The van der Waals surface area contributed by atoms with Crippen molar-refractivity contribution in [1.29, 1.82) is 0 Å². The molecule has 0 radical (unpaired) electrons. The molecule has 0 saturated heterocycles. The van der Waals surface area contributed by atoms with E-state index in [1.807, 2.05) is 0 Å². The Kier molecular flexibility index (Phi) is 3.92. The highest BCUT2D eigenvalue weighted by atomic mass is 19.1. The summed E-state index contributed by atoms with van der Waals surface area (Å²) in [6, 6.07) is 6.10. The first-order valence-corrected chi connectivity index (χ1v) is 6.47. The molecular formula is C14H18FN3O2. The quantitative estimate of drug-likeness (QED) is 0.381. The van der Waals surface area contributed by atoms with E-state index < -0.39 is 5.41 Å². The first-order valence-electron chi connectivity index (χ1n) is 6.47. The Balaban J connectivity index is 2.12. The van der Waals surface area contributed by atoms with Gasteiger partial charge in [-0.05, 0) is 30.5 Å². The second kappa shape index (κ2) is 5.48. The highest BCUT2D eigenvalue weighted by Crippen LogP contribution is 2.42. The number of amides is 1. The summed E-state index contributed by atoms with van der Waals surface area (Å²) in [5.74, 6) is -0.568. The van der Waals surface area contributed by atoms with E-state index in [2.05, 4.69) is 5.16 Å². The Bertz CT molecular complexity index is 541. The van der Waals surface area contributed by atoms with Crippen molar-refractivity contribution in [3.63, 3.8) is 0 Å². The highest BCUT2D eigenvalue weighted by Gasteiger charge is 2.49. The molecule has 5 nitrogen and oxygen atoms in total. The van der Waals surface area contributed by atoms with Gasteiger partial charge >= 0.3 is 0 Å². The molecule has 0 aliphatic heterocycles. The number of nitrogens with zero attached hydrogens (tertiary/aromatic N) is 2. The van der Waals surface area contributed by atoms with Crippen molar-refractivity contribution in [2.75, 3.05) is 7.05 Å². The zero-order valence-electron chi connectivity index (χ0n) is 11.3. The Hall–Kier alpha value is -2.11. The smallest absolute Gasteiger partial charge is 0.236 e. The first-order chi connectivity index (χ1) is 9.49. The topological polar surface area (TPSA) is 78.9 Å². The van der Waals surface area contributed by atoms with E-state index in [1.54, 1.807) is 19.2 Å². The summed E-state index contributed by atoms with van der Waals surface area (Å²) in [5.41, 5.74) is 5.47. The minimum atomic E-state index is -0.892. The Morgan fingerprint density at radius 1 is 1.55 bits per heavy atom. The molecule has 1 aliphatic carbocycles. The predicted molar refractivity (Wildman–Crippen MR) is 72.6 cm³/mol. The van der Waals surface area contributed by atoms with E-state index in [4.69, 9.17) is 10.9 Å². The van der Waals surface area contributed by atoms with Crippen molar-refractivity contribution >= 4 is 11.7 Å². The summed E-state index contributed by atoms with van der Waals surface area (Å²) in [6.07, 6.45) is 2.03. The molecule has 108 valence electrons. The maximum atomic E-state index is 13.1. The number of carbonyl (C=O) groups is 1. The van der Waals surface area contributed by atoms with Gasteiger partial charge in [-0.2, -0.15) is 0 Å². The van der Waals surface area contributed by atoms with Gasteiger partial charge in [0.25, 0.3) is 0 Å². The second-order valence-corrected chi connectivity index (χ2v) is 5.21. The highest BCUT2D eigenvalue weighted by molar-refractivity contribution is 6.07. The summed E-state index contributed by atoms with van der Waals surface area (Å²) < 4.78 is 13.1. The van der Waals surface area contributed by atoms with Gasteiger partial charge in [-0.15, -0.1) is 0 Å². The number of halogens is 1. The Morgan fingerprint density at radius 2 is 2.25 bits per heavy atom. The number of amidine groups is 1. The molecule has 0 unspecified atom stereocenters. The van der Waals surface area contributed by atoms with Crippen LogP contribution in [0.25, 0.3) is 0 Å². The summed E-state index contributed by atoms with van der Waals surface area (Å²) in [7, 11) is 1.64. The molecule has 0 aromatic heterocycles. The zero-order valence-corrected chi connectivity index (χ0v) is 11.3. The molecule has 0 atom stereocenters. The van der Waals surface area contributed by atoms with Crippen LogP contribution in [0.2, 0.25) is 0 Å². The predicted octanol–water partition coefficient (Wildman–Crippen LogP) is 1.70. The van der Waals surface area contributed by atoms with Gasteiger partial charge in [-0.25, -0.2) is 4.39 Å². The van der Waals surface area contributed by atoms with Gasteiger partial charge in [0, 0.05) is 13.6 Å². The average Bonchev–Trinajstić information content (AvgIpc) is 2.37. The molecule has 3 N–H and O–H groups in total. The lowest BCUT2D eigenvalue weighted by Crippen LogP contribution is -2.54. The fourth-order valence-corrected chi connectivity index (χ4v) is 2.55. The van der Waals surface area contributed by atoms with Crippen molar-refractivity contribution in [3.05, 3.63) is 35.6 Å². The largest absolute Gasteiger partial charge is 0.409 e. The molecule has 1 aromatic rings. The lowest BCUT2D eigenvalue weighted by molar-refractivity contribution is -0.141. The van der Waals surface area contributed by atoms with Crippen LogP contribution in [0.4, 0.5) is 4.39 Å². The fourth-order valence-electron chi connectivity index (χ4n) is 2.55. The van der Waals surface area contributed by atoms with Crippen LogP contribution < -0.4 is 5.73 Å². The summed E-state index contributed by atoms with van der Waals surface area (Å²) in [4.78, 5) is 14.0. The number of rotatable bonds is 4. The molecule has 0 heterocycles. The summed E-state index contributed by atoms with van der Waals surface area (Å²) in [6.45, 7) is 0.289. The van der Waals surface area contributed by atoms with Crippen LogP contribution in [0.15, 0.2) is 29.4 Å². The lowest BCUT2D eigenvalue weighted by atomic mass is 9.67. The number of hydrogen-bond donors (Lipinski definition) is 2. The van der Waals surface area contributed by atoms with Crippen molar-refractivity contribution in [3.8, 4) is 0 Å². The van der Waals surface area contributed by atoms with Crippen molar-refractivity contribution in [2.24, 2.45) is 16.3 Å². The molecular weight excluding hydrogens is 261 g/mol. The van der Waals surface area contributed by atoms with Crippen LogP contribution >= 0.6 is 0 Å².